The van der Waals surface area contributed by atoms with Crippen LogP contribution in [-0.4, -0.2) is 0 Å². The second-order valence-corrected chi connectivity index (χ2v) is 6.04. The maximum atomic E-state index is 13.7. The fourth-order valence-electron chi connectivity index (χ4n) is 3.08. The largest absolute Gasteiger partial charge is 0.209 e. The first-order chi connectivity index (χ1) is 11.0. The Morgan fingerprint density at radius 2 is 1.61 bits per heavy atom. The van der Waals surface area contributed by atoms with Crippen LogP contribution < -0.4 is 0 Å². The molecule has 0 unspecified atom stereocenters. The lowest BCUT2D eigenvalue weighted by Gasteiger charge is -2.22. The molecule has 0 amide bonds. The third-order valence-electron chi connectivity index (χ3n) is 4.43. The van der Waals surface area contributed by atoms with Gasteiger partial charge in [0.2, 0.25) is 0 Å². The van der Waals surface area contributed by atoms with E-state index < -0.39 is 17.5 Å². The minimum Gasteiger partial charge on any atom is -0.209 e. The van der Waals surface area contributed by atoms with E-state index in [0.717, 1.165) is 18.6 Å². The Morgan fingerprint density at radius 3 is 2.13 bits per heavy atom. The smallest absolute Gasteiger partial charge is 0.189 e. The first-order valence-electron chi connectivity index (χ1n) is 8.19. The fraction of sp³-hybridized carbons (Fsp3) is 0.400. The molecular weight excluding hydrogens is 297 g/mol. The van der Waals surface area contributed by atoms with Crippen molar-refractivity contribution in [3.05, 3.63) is 65.0 Å². The zero-order chi connectivity index (χ0) is 16.8. The molecule has 3 heteroatoms. The Labute approximate surface area is 136 Å². The van der Waals surface area contributed by atoms with Gasteiger partial charge in [-0.2, -0.15) is 0 Å². The third kappa shape index (κ3) is 4.60. The summed E-state index contributed by atoms with van der Waals surface area (Å²) < 4.78 is 39.7. The summed E-state index contributed by atoms with van der Waals surface area (Å²) in [5.41, 5.74) is 2.64. The van der Waals surface area contributed by atoms with Gasteiger partial charge in [0.1, 0.15) is 5.83 Å². The summed E-state index contributed by atoms with van der Waals surface area (Å²) in [6, 6.07) is 7.97. The first-order valence-corrected chi connectivity index (χ1v) is 8.19. The Hall–Kier alpha value is -1.77. The van der Waals surface area contributed by atoms with Gasteiger partial charge in [-0.3, -0.25) is 0 Å². The summed E-state index contributed by atoms with van der Waals surface area (Å²) >= 11 is 0. The summed E-state index contributed by atoms with van der Waals surface area (Å²) in [4.78, 5) is 0. The predicted octanol–water partition coefficient (Wildman–Crippen LogP) is 7.16. The van der Waals surface area contributed by atoms with Gasteiger partial charge in [0.25, 0.3) is 0 Å². The van der Waals surface area contributed by atoms with E-state index in [4.69, 9.17) is 0 Å². The summed E-state index contributed by atoms with van der Waals surface area (Å²) in [5, 5.41) is 0. The molecule has 0 N–H and O–H groups in total. The molecule has 0 heterocycles. The molecule has 0 saturated heterocycles. The number of rotatable bonds is 4. The Kier molecular flexibility index (Phi) is 6.26. The Balaban J connectivity index is 2.19. The molecule has 0 aromatic heterocycles. The lowest BCUT2D eigenvalue weighted by atomic mass is 9.83. The Morgan fingerprint density at radius 1 is 1.00 bits per heavy atom. The fourth-order valence-corrected chi connectivity index (χ4v) is 3.08. The van der Waals surface area contributed by atoms with Crippen molar-refractivity contribution in [2.75, 3.05) is 0 Å². The second kappa shape index (κ2) is 8.19. The SMILES string of the molecule is C\C=C(/C=C(F)\C(F)=C(/C)F)c1ccc(C2CCCCC2)cc1. The molecule has 1 aliphatic carbocycles. The number of hydrogen-bond acceptors (Lipinski definition) is 0. The lowest BCUT2D eigenvalue weighted by molar-refractivity contribution is 0.443. The molecule has 0 aliphatic heterocycles. The average molecular weight is 320 g/mol. The Bertz CT molecular complexity index is 611. The van der Waals surface area contributed by atoms with Gasteiger partial charge in [0, 0.05) is 0 Å². The normalized spacial score (nSPS) is 18.8. The quantitative estimate of drug-likeness (QED) is 0.516. The minimum absolute atomic E-state index is 0.536. The van der Waals surface area contributed by atoms with Gasteiger partial charge in [-0.25, -0.2) is 13.2 Å². The number of halogens is 3. The van der Waals surface area contributed by atoms with Crippen molar-refractivity contribution in [2.24, 2.45) is 0 Å². The molecule has 23 heavy (non-hydrogen) atoms. The van der Waals surface area contributed by atoms with Gasteiger partial charge in [0.15, 0.2) is 11.7 Å². The summed E-state index contributed by atoms with van der Waals surface area (Å²) in [7, 11) is 0. The average Bonchev–Trinajstić information content (AvgIpc) is 2.59. The summed E-state index contributed by atoms with van der Waals surface area (Å²) in [5.74, 6) is -3.17. The van der Waals surface area contributed by atoms with Crippen LogP contribution in [0, 0.1) is 0 Å². The van der Waals surface area contributed by atoms with Crippen LogP contribution in [0.5, 0.6) is 0 Å². The molecule has 1 aromatic carbocycles. The highest BCUT2D eigenvalue weighted by atomic mass is 19.2. The lowest BCUT2D eigenvalue weighted by Crippen LogP contribution is -2.04. The molecule has 0 radical (unpaired) electrons. The van der Waals surface area contributed by atoms with Crippen molar-refractivity contribution in [2.45, 2.75) is 51.9 Å². The topological polar surface area (TPSA) is 0 Å². The third-order valence-corrected chi connectivity index (χ3v) is 4.43. The predicted molar refractivity (Wildman–Crippen MR) is 90.0 cm³/mol. The van der Waals surface area contributed by atoms with Gasteiger partial charge in [-0.05, 0) is 55.4 Å². The molecule has 1 saturated carbocycles. The molecule has 1 aromatic rings. The van der Waals surface area contributed by atoms with Crippen LogP contribution in [0.15, 0.2) is 53.9 Å². The molecule has 0 nitrogen and oxygen atoms in total. The molecule has 0 bridgehead atoms. The maximum Gasteiger partial charge on any atom is 0.189 e. The number of hydrogen-bond donors (Lipinski definition) is 0. The van der Waals surface area contributed by atoms with Gasteiger partial charge in [-0.1, -0.05) is 49.6 Å². The van der Waals surface area contributed by atoms with E-state index in [-0.39, 0.29) is 0 Å². The van der Waals surface area contributed by atoms with Crippen molar-refractivity contribution >= 4 is 5.57 Å². The van der Waals surface area contributed by atoms with Crippen molar-refractivity contribution in [1.82, 2.24) is 0 Å². The van der Waals surface area contributed by atoms with E-state index in [1.54, 1.807) is 13.0 Å². The minimum atomic E-state index is -1.44. The van der Waals surface area contributed by atoms with Crippen LogP contribution in [0.25, 0.3) is 5.57 Å². The van der Waals surface area contributed by atoms with Crippen LogP contribution >= 0.6 is 0 Å². The van der Waals surface area contributed by atoms with Crippen molar-refractivity contribution < 1.29 is 13.2 Å². The summed E-state index contributed by atoms with van der Waals surface area (Å²) in [6.07, 6.45) is 9.02. The van der Waals surface area contributed by atoms with E-state index in [9.17, 15) is 13.2 Å². The summed E-state index contributed by atoms with van der Waals surface area (Å²) in [6.45, 7) is 2.65. The van der Waals surface area contributed by atoms with E-state index >= 15 is 0 Å². The van der Waals surface area contributed by atoms with Crippen molar-refractivity contribution in [1.29, 1.82) is 0 Å². The van der Waals surface area contributed by atoms with Gasteiger partial charge in [0.05, 0.1) is 0 Å². The highest BCUT2D eigenvalue weighted by Gasteiger charge is 2.15. The standard InChI is InChI=1S/C20H23F3/c1-3-15(13-19(22)20(23)14(2)21)17-9-11-18(12-10-17)16-7-5-4-6-8-16/h3,9-13,16H,4-8H2,1-2H3/b15-3+,19-13+,20-14-. The molecule has 1 fully saturated rings. The zero-order valence-electron chi connectivity index (χ0n) is 13.7. The van der Waals surface area contributed by atoms with Gasteiger partial charge < -0.3 is 0 Å². The maximum absolute atomic E-state index is 13.7. The molecule has 2 rings (SSSR count). The molecule has 0 atom stereocenters. The molecule has 124 valence electrons. The number of benzene rings is 1. The van der Waals surface area contributed by atoms with E-state index in [2.05, 4.69) is 12.1 Å². The van der Waals surface area contributed by atoms with Crippen LogP contribution in [0.3, 0.4) is 0 Å². The van der Waals surface area contributed by atoms with E-state index in [1.165, 1.54) is 37.7 Å². The van der Waals surface area contributed by atoms with Gasteiger partial charge >= 0.3 is 0 Å². The number of allylic oxidation sites excluding steroid dienone is 6. The van der Waals surface area contributed by atoms with Crippen molar-refractivity contribution in [3.8, 4) is 0 Å². The molecule has 0 spiro atoms. The van der Waals surface area contributed by atoms with Gasteiger partial charge in [-0.15, -0.1) is 0 Å². The zero-order valence-corrected chi connectivity index (χ0v) is 13.7. The second-order valence-electron chi connectivity index (χ2n) is 6.04. The van der Waals surface area contributed by atoms with Crippen LogP contribution in [-0.2, 0) is 0 Å². The highest BCUT2D eigenvalue weighted by molar-refractivity contribution is 5.75. The molecule has 1 aliphatic rings. The molecular formula is C20H23F3. The van der Waals surface area contributed by atoms with Crippen LogP contribution in [0.2, 0.25) is 0 Å². The van der Waals surface area contributed by atoms with E-state index in [1.807, 2.05) is 12.1 Å². The van der Waals surface area contributed by atoms with Crippen molar-refractivity contribution in [3.63, 3.8) is 0 Å². The highest BCUT2D eigenvalue weighted by Crippen LogP contribution is 2.33. The van der Waals surface area contributed by atoms with Crippen LogP contribution in [0.1, 0.15) is 63.0 Å². The van der Waals surface area contributed by atoms with Crippen LogP contribution in [0.4, 0.5) is 13.2 Å². The first kappa shape index (κ1) is 17.6. The van der Waals surface area contributed by atoms with E-state index in [0.29, 0.717) is 11.5 Å². The monoisotopic (exact) mass is 320 g/mol.